The van der Waals surface area contributed by atoms with Crippen molar-refractivity contribution in [2.45, 2.75) is 31.3 Å². The summed E-state index contributed by atoms with van der Waals surface area (Å²) in [6.45, 7) is 0.415. The first-order chi connectivity index (χ1) is 8.08. The van der Waals surface area contributed by atoms with E-state index in [0.29, 0.717) is 12.1 Å². The fourth-order valence-electron chi connectivity index (χ4n) is 2.03. The molecule has 17 heavy (non-hydrogen) atoms. The SMILES string of the molecule is OCC1(NCc2ccc(O)c(O)c2O)CCC1. The van der Waals surface area contributed by atoms with Crippen molar-refractivity contribution in [3.63, 3.8) is 0 Å². The largest absolute Gasteiger partial charge is 0.504 e. The normalized spacial score (nSPS) is 17.7. The average molecular weight is 239 g/mol. The summed E-state index contributed by atoms with van der Waals surface area (Å²) < 4.78 is 0. The highest BCUT2D eigenvalue weighted by molar-refractivity contribution is 5.53. The lowest BCUT2D eigenvalue weighted by Crippen LogP contribution is -2.53. The van der Waals surface area contributed by atoms with Crippen LogP contribution in [0.1, 0.15) is 24.8 Å². The van der Waals surface area contributed by atoms with Gasteiger partial charge in [0.05, 0.1) is 6.61 Å². The van der Waals surface area contributed by atoms with Crippen molar-refractivity contribution < 1.29 is 20.4 Å². The van der Waals surface area contributed by atoms with Gasteiger partial charge in [-0.15, -0.1) is 0 Å². The Balaban J connectivity index is 2.07. The van der Waals surface area contributed by atoms with Crippen LogP contribution in [0, 0.1) is 0 Å². The molecule has 0 bridgehead atoms. The van der Waals surface area contributed by atoms with E-state index >= 15 is 0 Å². The Morgan fingerprint density at radius 1 is 1.12 bits per heavy atom. The van der Waals surface area contributed by atoms with Crippen LogP contribution in [0.15, 0.2) is 12.1 Å². The molecule has 0 aromatic heterocycles. The molecule has 1 aromatic carbocycles. The molecule has 1 fully saturated rings. The van der Waals surface area contributed by atoms with Crippen LogP contribution in [-0.4, -0.2) is 32.6 Å². The molecule has 5 N–H and O–H groups in total. The number of hydrogen-bond donors (Lipinski definition) is 5. The summed E-state index contributed by atoms with van der Waals surface area (Å²) in [6, 6.07) is 2.87. The molecule has 1 aliphatic carbocycles. The van der Waals surface area contributed by atoms with Crippen LogP contribution in [0.2, 0.25) is 0 Å². The molecule has 0 spiro atoms. The Hall–Kier alpha value is -1.46. The van der Waals surface area contributed by atoms with Gasteiger partial charge >= 0.3 is 0 Å². The maximum absolute atomic E-state index is 9.63. The summed E-state index contributed by atoms with van der Waals surface area (Å²) in [7, 11) is 0. The first-order valence-electron chi connectivity index (χ1n) is 5.67. The lowest BCUT2D eigenvalue weighted by Gasteiger charge is -2.41. The van der Waals surface area contributed by atoms with Crippen molar-refractivity contribution in [2.75, 3.05) is 6.61 Å². The number of nitrogens with one attached hydrogen (secondary N) is 1. The maximum Gasteiger partial charge on any atom is 0.200 e. The highest BCUT2D eigenvalue weighted by Crippen LogP contribution is 2.38. The van der Waals surface area contributed by atoms with Gasteiger partial charge in [-0.2, -0.15) is 0 Å². The second-order valence-corrected chi connectivity index (χ2v) is 4.59. The molecule has 1 saturated carbocycles. The first kappa shape index (κ1) is 12.0. The van der Waals surface area contributed by atoms with E-state index in [1.807, 2.05) is 0 Å². The zero-order valence-electron chi connectivity index (χ0n) is 9.48. The van der Waals surface area contributed by atoms with Crippen molar-refractivity contribution in [2.24, 2.45) is 0 Å². The fraction of sp³-hybridized carbons (Fsp3) is 0.500. The Labute approximate surface area is 99.3 Å². The molecule has 0 saturated heterocycles. The van der Waals surface area contributed by atoms with E-state index in [2.05, 4.69) is 5.32 Å². The topological polar surface area (TPSA) is 93.0 Å². The third-order valence-corrected chi connectivity index (χ3v) is 3.48. The Morgan fingerprint density at radius 2 is 1.82 bits per heavy atom. The highest BCUT2D eigenvalue weighted by atomic mass is 16.3. The molecule has 0 aliphatic heterocycles. The number of aliphatic hydroxyl groups is 1. The van der Waals surface area contributed by atoms with E-state index in [9.17, 15) is 20.4 Å². The Kier molecular flexibility index (Phi) is 3.13. The summed E-state index contributed by atoms with van der Waals surface area (Å²) >= 11 is 0. The number of rotatable bonds is 4. The molecule has 0 atom stereocenters. The zero-order chi connectivity index (χ0) is 12.5. The fourth-order valence-corrected chi connectivity index (χ4v) is 2.03. The third kappa shape index (κ3) is 2.16. The van der Waals surface area contributed by atoms with E-state index in [4.69, 9.17) is 0 Å². The van der Waals surface area contributed by atoms with Crippen molar-refractivity contribution in [1.29, 1.82) is 0 Å². The van der Waals surface area contributed by atoms with Crippen LogP contribution in [0.3, 0.4) is 0 Å². The number of phenolic OH excluding ortho intramolecular Hbond substituents is 3. The summed E-state index contributed by atoms with van der Waals surface area (Å²) in [5.41, 5.74) is 0.250. The molecule has 2 rings (SSSR count). The van der Waals surface area contributed by atoms with Crippen molar-refractivity contribution >= 4 is 0 Å². The average Bonchev–Trinajstić information content (AvgIpc) is 2.28. The lowest BCUT2D eigenvalue weighted by atomic mass is 9.77. The predicted molar refractivity (Wildman–Crippen MR) is 61.9 cm³/mol. The summed E-state index contributed by atoms with van der Waals surface area (Å²) in [5.74, 6) is -1.16. The smallest absolute Gasteiger partial charge is 0.200 e. The number of phenols is 3. The van der Waals surface area contributed by atoms with Gasteiger partial charge in [0.25, 0.3) is 0 Å². The summed E-state index contributed by atoms with van der Waals surface area (Å²) in [4.78, 5) is 0. The number of hydrogen-bond acceptors (Lipinski definition) is 5. The van der Waals surface area contributed by atoms with Crippen LogP contribution in [0.4, 0.5) is 0 Å². The van der Waals surface area contributed by atoms with Gasteiger partial charge in [0.1, 0.15) is 0 Å². The molecule has 0 heterocycles. The first-order valence-corrected chi connectivity index (χ1v) is 5.67. The Morgan fingerprint density at radius 3 is 2.35 bits per heavy atom. The maximum atomic E-state index is 9.63. The van der Waals surface area contributed by atoms with Crippen LogP contribution in [0.5, 0.6) is 17.2 Å². The van der Waals surface area contributed by atoms with Gasteiger partial charge in [0.2, 0.25) is 5.75 Å². The third-order valence-electron chi connectivity index (χ3n) is 3.48. The second-order valence-electron chi connectivity index (χ2n) is 4.59. The van der Waals surface area contributed by atoms with E-state index < -0.39 is 5.75 Å². The molecule has 0 unspecified atom stereocenters. The minimum atomic E-state index is -0.504. The standard InChI is InChI=1S/C12H17NO4/c14-7-12(4-1-5-12)13-6-8-2-3-9(15)11(17)10(8)16/h2-3,13-17H,1,4-7H2. The van der Waals surface area contributed by atoms with Crippen LogP contribution >= 0.6 is 0 Å². The zero-order valence-corrected chi connectivity index (χ0v) is 9.48. The lowest BCUT2D eigenvalue weighted by molar-refractivity contribution is 0.0869. The molecule has 0 amide bonds. The molecule has 5 heteroatoms. The van der Waals surface area contributed by atoms with E-state index in [-0.39, 0.29) is 23.6 Å². The molecule has 1 aliphatic rings. The number of benzene rings is 1. The van der Waals surface area contributed by atoms with Gasteiger partial charge in [0.15, 0.2) is 11.5 Å². The van der Waals surface area contributed by atoms with Gasteiger partial charge < -0.3 is 25.7 Å². The minimum absolute atomic E-state index is 0.0673. The summed E-state index contributed by atoms with van der Waals surface area (Å²) in [5, 5.41) is 40.6. The van der Waals surface area contributed by atoms with Crippen molar-refractivity contribution in [3.8, 4) is 17.2 Å². The molecule has 1 aromatic rings. The highest BCUT2D eigenvalue weighted by Gasteiger charge is 2.35. The summed E-state index contributed by atoms with van der Waals surface area (Å²) in [6.07, 6.45) is 2.91. The monoisotopic (exact) mass is 239 g/mol. The molecular formula is C12H17NO4. The van der Waals surface area contributed by atoms with Crippen LogP contribution < -0.4 is 5.32 Å². The van der Waals surface area contributed by atoms with E-state index in [1.165, 1.54) is 6.07 Å². The molecular weight excluding hydrogens is 222 g/mol. The van der Waals surface area contributed by atoms with Gasteiger partial charge in [-0.05, 0) is 25.3 Å². The number of aromatic hydroxyl groups is 3. The van der Waals surface area contributed by atoms with Gasteiger partial charge in [-0.1, -0.05) is 6.07 Å². The van der Waals surface area contributed by atoms with Gasteiger partial charge in [-0.25, -0.2) is 0 Å². The van der Waals surface area contributed by atoms with Gasteiger partial charge in [0, 0.05) is 17.6 Å². The predicted octanol–water partition coefficient (Wildman–Crippen LogP) is 0.808. The van der Waals surface area contributed by atoms with Crippen molar-refractivity contribution in [3.05, 3.63) is 17.7 Å². The second kappa shape index (κ2) is 4.43. The Bertz CT molecular complexity index is 410. The quantitative estimate of drug-likeness (QED) is 0.501. The molecule has 5 nitrogen and oxygen atoms in total. The molecule has 0 radical (unpaired) electrons. The van der Waals surface area contributed by atoms with Crippen LogP contribution in [-0.2, 0) is 6.54 Å². The van der Waals surface area contributed by atoms with Gasteiger partial charge in [-0.3, -0.25) is 0 Å². The van der Waals surface area contributed by atoms with E-state index in [0.717, 1.165) is 19.3 Å². The molecule has 94 valence electrons. The van der Waals surface area contributed by atoms with E-state index in [1.54, 1.807) is 6.07 Å². The van der Waals surface area contributed by atoms with Crippen LogP contribution in [0.25, 0.3) is 0 Å². The van der Waals surface area contributed by atoms with Crippen molar-refractivity contribution in [1.82, 2.24) is 5.32 Å². The number of aliphatic hydroxyl groups excluding tert-OH is 1. The minimum Gasteiger partial charge on any atom is -0.504 e.